The van der Waals surface area contributed by atoms with Crippen molar-refractivity contribution in [2.24, 2.45) is 0 Å². The molecule has 2 unspecified atom stereocenters. The number of aliphatic hydroxyl groups is 5. The van der Waals surface area contributed by atoms with E-state index in [0.29, 0.717) is 6.42 Å². The Labute approximate surface area is 305 Å². The lowest BCUT2D eigenvalue weighted by Gasteiger charge is -2.40. The average molecular weight is 712 g/mol. The van der Waals surface area contributed by atoms with Crippen molar-refractivity contribution in [3.63, 3.8) is 0 Å². The molecular formula is C41H77NO8. The van der Waals surface area contributed by atoms with Gasteiger partial charge in [0, 0.05) is 6.42 Å². The highest BCUT2D eigenvalue weighted by atomic mass is 16.7. The van der Waals surface area contributed by atoms with Gasteiger partial charge in [-0.05, 0) is 32.1 Å². The molecule has 1 heterocycles. The summed E-state index contributed by atoms with van der Waals surface area (Å²) in [5.41, 5.74) is 0. The molecule has 1 fully saturated rings. The van der Waals surface area contributed by atoms with E-state index in [0.717, 1.165) is 38.5 Å². The van der Waals surface area contributed by atoms with Crippen LogP contribution in [0.4, 0.5) is 0 Å². The van der Waals surface area contributed by atoms with Crippen molar-refractivity contribution in [3.8, 4) is 0 Å². The van der Waals surface area contributed by atoms with E-state index in [1.54, 1.807) is 6.08 Å². The third-order valence-electron chi connectivity index (χ3n) is 9.78. The summed E-state index contributed by atoms with van der Waals surface area (Å²) in [4.78, 5) is 12.9. The summed E-state index contributed by atoms with van der Waals surface area (Å²) in [5.74, 6) is -0.189. The molecule has 1 amide bonds. The van der Waals surface area contributed by atoms with Crippen LogP contribution in [0.2, 0.25) is 0 Å². The van der Waals surface area contributed by atoms with Crippen molar-refractivity contribution < 1.29 is 39.8 Å². The quantitative estimate of drug-likeness (QED) is 0.0302. The summed E-state index contributed by atoms with van der Waals surface area (Å²) in [6, 6.07) is -0.814. The molecule has 9 heteroatoms. The fourth-order valence-corrected chi connectivity index (χ4v) is 6.41. The zero-order valence-electron chi connectivity index (χ0n) is 31.9. The Bertz CT molecular complexity index is 837. The normalized spacial score (nSPS) is 22.4. The number of carbonyl (C=O) groups is 1. The summed E-state index contributed by atoms with van der Waals surface area (Å²) in [6.07, 6.45) is 29.3. The first-order valence-corrected chi connectivity index (χ1v) is 20.6. The smallest absolute Gasteiger partial charge is 0.220 e. The Kier molecular flexibility index (Phi) is 30.2. The number of ether oxygens (including phenoxy) is 2. The number of hydrogen-bond acceptors (Lipinski definition) is 8. The zero-order chi connectivity index (χ0) is 36.7. The van der Waals surface area contributed by atoms with Crippen molar-refractivity contribution in [3.05, 3.63) is 24.3 Å². The molecule has 7 atom stereocenters. The minimum atomic E-state index is -1.57. The van der Waals surface area contributed by atoms with Crippen molar-refractivity contribution in [2.45, 2.75) is 217 Å². The number of carbonyl (C=O) groups excluding carboxylic acids is 1. The highest BCUT2D eigenvalue weighted by Crippen LogP contribution is 2.22. The van der Waals surface area contributed by atoms with Crippen molar-refractivity contribution in [1.82, 2.24) is 5.32 Å². The molecule has 0 aliphatic carbocycles. The van der Waals surface area contributed by atoms with Crippen LogP contribution in [0.15, 0.2) is 24.3 Å². The van der Waals surface area contributed by atoms with Gasteiger partial charge in [-0.3, -0.25) is 4.79 Å². The van der Waals surface area contributed by atoms with Crippen LogP contribution >= 0.6 is 0 Å². The predicted molar refractivity (Wildman–Crippen MR) is 203 cm³/mol. The molecule has 1 aliphatic rings. The number of nitrogens with one attached hydrogen (secondary N) is 1. The second-order valence-corrected chi connectivity index (χ2v) is 14.4. The first-order chi connectivity index (χ1) is 24.3. The van der Waals surface area contributed by atoms with Crippen molar-refractivity contribution in [2.75, 3.05) is 13.2 Å². The van der Waals surface area contributed by atoms with Crippen LogP contribution in [0.5, 0.6) is 0 Å². The molecule has 0 aromatic carbocycles. The van der Waals surface area contributed by atoms with Gasteiger partial charge in [-0.2, -0.15) is 0 Å². The first-order valence-electron chi connectivity index (χ1n) is 20.6. The van der Waals surface area contributed by atoms with E-state index in [4.69, 9.17) is 9.47 Å². The van der Waals surface area contributed by atoms with Crippen LogP contribution < -0.4 is 5.32 Å². The van der Waals surface area contributed by atoms with Crippen LogP contribution in [0, 0.1) is 0 Å². The molecule has 0 radical (unpaired) electrons. The summed E-state index contributed by atoms with van der Waals surface area (Å²) >= 11 is 0. The number of allylic oxidation sites excluding steroid dienone is 3. The molecule has 294 valence electrons. The summed E-state index contributed by atoms with van der Waals surface area (Å²) in [7, 11) is 0. The molecule has 0 saturated carbocycles. The summed E-state index contributed by atoms with van der Waals surface area (Å²) in [5, 5.41) is 53.9. The lowest BCUT2D eigenvalue weighted by Crippen LogP contribution is -2.60. The fourth-order valence-electron chi connectivity index (χ4n) is 6.41. The van der Waals surface area contributed by atoms with E-state index >= 15 is 0 Å². The SMILES string of the molecule is CCCCCCCCCCC/C=C/CC/C=C/[C@@H](O)[C@H](CO[C@@H]1O[C@H](CO)[C@@H](O)C(O)C1O)NC(=O)CCCCCCCCCCCCCC. The summed E-state index contributed by atoms with van der Waals surface area (Å²) < 4.78 is 11.2. The van der Waals surface area contributed by atoms with Gasteiger partial charge in [0.05, 0.1) is 25.4 Å². The number of amides is 1. The third-order valence-corrected chi connectivity index (χ3v) is 9.78. The van der Waals surface area contributed by atoms with Gasteiger partial charge < -0.3 is 40.3 Å². The van der Waals surface area contributed by atoms with Gasteiger partial charge in [-0.1, -0.05) is 160 Å². The molecule has 1 saturated heterocycles. The largest absolute Gasteiger partial charge is 0.394 e. The van der Waals surface area contributed by atoms with E-state index in [-0.39, 0.29) is 12.5 Å². The molecular weight excluding hydrogens is 634 g/mol. The molecule has 50 heavy (non-hydrogen) atoms. The van der Waals surface area contributed by atoms with E-state index < -0.39 is 49.5 Å². The number of hydrogen-bond donors (Lipinski definition) is 6. The molecule has 0 spiro atoms. The molecule has 1 aliphatic heterocycles. The predicted octanol–water partition coefficient (Wildman–Crippen LogP) is 7.55. The van der Waals surface area contributed by atoms with Gasteiger partial charge in [0.1, 0.15) is 24.4 Å². The van der Waals surface area contributed by atoms with Crippen molar-refractivity contribution in [1.29, 1.82) is 0 Å². The van der Waals surface area contributed by atoms with Gasteiger partial charge >= 0.3 is 0 Å². The second kappa shape index (κ2) is 32.3. The minimum Gasteiger partial charge on any atom is -0.394 e. The maximum atomic E-state index is 12.9. The van der Waals surface area contributed by atoms with Crippen LogP contribution in [-0.2, 0) is 14.3 Å². The van der Waals surface area contributed by atoms with Gasteiger partial charge in [0.15, 0.2) is 6.29 Å². The van der Waals surface area contributed by atoms with Gasteiger partial charge in [-0.25, -0.2) is 0 Å². The van der Waals surface area contributed by atoms with E-state index in [1.807, 2.05) is 6.08 Å². The molecule has 0 bridgehead atoms. The highest BCUT2D eigenvalue weighted by molar-refractivity contribution is 5.76. The first kappa shape index (κ1) is 46.7. The Morgan fingerprint density at radius 2 is 1.14 bits per heavy atom. The topological polar surface area (TPSA) is 149 Å². The number of unbranched alkanes of at least 4 members (excludes halogenated alkanes) is 21. The van der Waals surface area contributed by atoms with Gasteiger partial charge in [0.2, 0.25) is 5.91 Å². The van der Waals surface area contributed by atoms with Gasteiger partial charge in [0.25, 0.3) is 0 Å². The average Bonchev–Trinajstić information content (AvgIpc) is 3.11. The Balaban J connectivity index is 2.45. The summed E-state index contributed by atoms with van der Waals surface area (Å²) in [6.45, 7) is 3.73. The van der Waals surface area contributed by atoms with Gasteiger partial charge in [-0.15, -0.1) is 0 Å². The molecule has 0 aromatic heterocycles. The Hall–Kier alpha value is -1.33. The maximum Gasteiger partial charge on any atom is 0.220 e. The monoisotopic (exact) mass is 712 g/mol. The second-order valence-electron chi connectivity index (χ2n) is 14.4. The van der Waals surface area contributed by atoms with E-state index in [2.05, 4.69) is 31.3 Å². The van der Waals surface area contributed by atoms with E-state index in [9.17, 15) is 30.3 Å². The molecule has 9 nitrogen and oxygen atoms in total. The Morgan fingerprint density at radius 1 is 0.660 bits per heavy atom. The van der Waals surface area contributed by atoms with Crippen LogP contribution in [0.25, 0.3) is 0 Å². The molecule has 0 aromatic rings. The molecule has 1 rings (SSSR count). The van der Waals surface area contributed by atoms with Crippen LogP contribution in [0.3, 0.4) is 0 Å². The minimum absolute atomic E-state index is 0.189. The lowest BCUT2D eigenvalue weighted by atomic mass is 9.99. The fraction of sp³-hybridized carbons (Fsp3) is 0.878. The van der Waals surface area contributed by atoms with E-state index in [1.165, 1.54) is 116 Å². The zero-order valence-corrected chi connectivity index (χ0v) is 31.9. The third kappa shape index (κ3) is 23.3. The van der Waals surface area contributed by atoms with Crippen LogP contribution in [-0.4, -0.2) is 87.5 Å². The highest BCUT2D eigenvalue weighted by Gasteiger charge is 2.44. The van der Waals surface area contributed by atoms with Crippen molar-refractivity contribution >= 4 is 5.91 Å². The number of rotatable bonds is 33. The number of aliphatic hydroxyl groups excluding tert-OH is 5. The standard InChI is InChI=1S/C41H77NO8/c1-3-5-7-9-11-13-15-17-18-19-20-22-24-26-28-30-35(44)34(33-49-41-40(48)39(47)38(46)36(32-43)50-41)42-37(45)31-29-27-25-23-21-16-14-12-10-8-6-4-2/h20,22,28,30,34-36,38-41,43-44,46-48H,3-19,21,23-27,29,31-33H2,1-2H3,(H,42,45)/b22-20+,30-28+/t34-,35+,36+,38+,39?,40?,41+/m0/s1. The van der Waals surface area contributed by atoms with Crippen LogP contribution in [0.1, 0.15) is 174 Å². The molecule has 6 N–H and O–H groups in total. The lowest BCUT2D eigenvalue weighted by molar-refractivity contribution is -0.302. The Morgan fingerprint density at radius 3 is 1.68 bits per heavy atom. The maximum absolute atomic E-state index is 12.9.